The monoisotopic (exact) mass is 294 g/mol. The maximum atomic E-state index is 6.11. The summed E-state index contributed by atoms with van der Waals surface area (Å²) in [7, 11) is 0. The number of nitrogens with one attached hydrogen (secondary N) is 1. The fraction of sp³-hybridized carbons (Fsp3) is 0.316. The Bertz CT molecular complexity index is 794. The molecule has 22 heavy (non-hydrogen) atoms. The zero-order chi connectivity index (χ0) is 15.9. The molecule has 114 valence electrons. The van der Waals surface area contributed by atoms with E-state index in [0.29, 0.717) is 0 Å². The van der Waals surface area contributed by atoms with Crippen LogP contribution in [0.2, 0.25) is 0 Å². The largest absolute Gasteiger partial charge is 0.483 e. The van der Waals surface area contributed by atoms with E-state index in [1.807, 2.05) is 6.92 Å². The Hall–Kier alpha value is -2.29. The van der Waals surface area contributed by atoms with Gasteiger partial charge < -0.3 is 9.72 Å². The molecule has 3 rings (SSSR count). The molecule has 1 aromatic heterocycles. The smallest absolute Gasteiger partial charge is 0.153 e. The topological polar surface area (TPSA) is 37.9 Å². The SMILES string of the molecule is Cc1ccc(C)c(OC(C)c2nc3cc(C)c(C)cc3[nH]2)c1. The van der Waals surface area contributed by atoms with Gasteiger partial charge in [0.15, 0.2) is 6.10 Å². The zero-order valence-corrected chi connectivity index (χ0v) is 13.8. The van der Waals surface area contributed by atoms with E-state index in [2.05, 4.69) is 68.0 Å². The quantitative estimate of drug-likeness (QED) is 0.743. The molecule has 0 aliphatic heterocycles. The van der Waals surface area contributed by atoms with Crippen LogP contribution in [0.1, 0.15) is 41.1 Å². The molecule has 0 fully saturated rings. The highest BCUT2D eigenvalue weighted by molar-refractivity contribution is 5.77. The van der Waals surface area contributed by atoms with Crippen molar-refractivity contribution < 1.29 is 4.74 Å². The van der Waals surface area contributed by atoms with Crippen LogP contribution in [-0.2, 0) is 0 Å². The van der Waals surface area contributed by atoms with Crippen LogP contribution in [0.25, 0.3) is 11.0 Å². The molecule has 0 aliphatic rings. The van der Waals surface area contributed by atoms with Crippen LogP contribution in [0.4, 0.5) is 0 Å². The number of hydrogen-bond donors (Lipinski definition) is 1. The van der Waals surface area contributed by atoms with Gasteiger partial charge in [-0.15, -0.1) is 0 Å². The molecule has 1 N–H and O–H groups in total. The second-order valence-electron chi connectivity index (χ2n) is 6.10. The molecular formula is C19H22N2O. The van der Waals surface area contributed by atoms with Gasteiger partial charge in [-0.1, -0.05) is 12.1 Å². The van der Waals surface area contributed by atoms with Crippen LogP contribution in [0.15, 0.2) is 30.3 Å². The highest BCUT2D eigenvalue weighted by atomic mass is 16.5. The number of aryl methyl sites for hydroxylation is 4. The van der Waals surface area contributed by atoms with Crippen LogP contribution in [0, 0.1) is 27.7 Å². The number of hydrogen-bond acceptors (Lipinski definition) is 2. The average Bonchev–Trinajstić information content (AvgIpc) is 2.86. The van der Waals surface area contributed by atoms with E-state index in [1.54, 1.807) is 0 Å². The molecule has 3 nitrogen and oxygen atoms in total. The second kappa shape index (κ2) is 5.48. The predicted molar refractivity (Wildman–Crippen MR) is 90.5 cm³/mol. The number of benzene rings is 2. The van der Waals surface area contributed by atoms with Crippen molar-refractivity contribution in [3.05, 3.63) is 58.4 Å². The highest BCUT2D eigenvalue weighted by Gasteiger charge is 2.14. The van der Waals surface area contributed by atoms with Gasteiger partial charge >= 0.3 is 0 Å². The number of ether oxygens (including phenoxy) is 1. The number of rotatable bonds is 3. The summed E-state index contributed by atoms with van der Waals surface area (Å²) in [5, 5.41) is 0. The van der Waals surface area contributed by atoms with E-state index in [-0.39, 0.29) is 6.10 Å². The summed E-state index contributed by atoms with van der Waals surface area (Å²) in [4.78, 5) is 8.06. The lowest BCUT2D eigenvalue weighted by molar-refractivity contribution is 0.216. The lowest BCUT2D eigenvalue weighted by atomic mass is 10.1. The normalized spacial score (nSPS) is 12.6. The molecule has 0 radical (unpaired) electrons. The van der Waals surface area contributed by atoms with Gasteiger partial charge in [-0.2, -0.15) is 0 Å². The summed E-state index contributed by atoms with van der Waals surface area (Å²) in [6.45, 7) is 10.4. The first kappa shape index (κ1) is 14.6. The molecule has 0 aliphatic carbocycles. The van der Waals surface area contributed by atoms with Crippen LogP contribution in [0.5, 0.6) is 5.75 Å². The molecule has 1 atom stereocenters. The molecule has 0 saturated heterocycles. The van der Waals surface area contributed by atoms with E-state index < -0.39 is 0 Å². The number of aromatic amines is 1. The minimum atomic E-state index is -0.117. The van der Waals surface area contributed by atoms with Gasteiger partial charge in [0.2, 0.25) is 0 Å². The number of nitrogens with zero attached hydrogens (tertiary/aromatic N) is 1. The third kappa shape index (κ3) is 2.71. The number of H-pyrrole nitrogens is 1. The molecule has 0 bridgehead atoms. The molecule has 2 aromatic carbocycles. The van der Waals surface area contributed by atoms with Crippen molar-refractivity contribution >= 4 is 11.0 Å². The van der Waals surface area contributed by atoms with Crippen molar-refractivity contribution in [3.63, 3.8) is 0 Å². The van der Waals surface area contributed by atoms with Gasteiger partial charge in [0.25, 0.3) is 0 Å². The van der Waals surface area contributed by atoms with Gasteiger partial charge in [-0.25, -0.2) is 4.98 Å². The Labute approximate surface area is 131 Å². The second-order valence-corrected chi connectivity index (χ2v) is 6.10. The van der Waals surface area contributed by atoms with Crippen molar-refractivity contribution in [3.8, 4) is 5.75 Å². The molecule has 1 unspecified atom stereocenters. The molecular weight excluding hydrogens is 272 g/mol. The van der Waals surface area contributed by atoms with Crippen molar-refractivity contribution in [1.29, 1.82) is 0 Å². The Morgan fingerprint density at radius 1 is 0.955 bits per heavy atom. The number of fused-ring (bicyclic) bond motifs is 1. The maximum Gasteiger partial charge on any atom is 0.153 e. The van der Waals surface area contributed by atoms with Gasteiger partial charge in [0.05, 0.1) is 11.0 Å². The van der Waals surface area contributed by atoms with Crippen molar-refractivity contribution in [2.24, 2.45) is 0 Å². The van der Waals surface area contributed by atoms with Crippen LogP contribution in [-0.4, -0.2) is 9.97 Å². The summed E-state index contributed by atoms with van der Waals surface area (Å²) in [6.07, 6.45) is -0.117. The summed E-state index contributed by atoms with van der Waals surface area (Å²) < 4.78 is 6.11. The van der Waals surface area contributed by atoms with Crippen LogP contribution >= 0.6 is 0 Å². The molecule has 3 heteroatoms. The Balaban J connectivity index is 1.91. The summed E-state index contributed by atoms with van der Waals surface area (Å²) in [5.41, 5.74) is 6.92. The third-order valence-electron chi connectivity index (χ3n) is 4.15. The third-order valence-corrected chi connectivity index (χ3v) is 4.15. The standard InChI is InChI=1S/C19H22N2O/c1-11-6-7-12(2)18(8-11)22-15(5)19-20-16-9-13(3)14(4)10-17(16)21-19/h6-10,15H,1-5H3,(H,20,21). The van der Waals surface area contributed by atoms with Gasteiger partial charge in [0, 0.05) is 0 Å². The minimum Gasteiger partial charge on any atom is -0.483 e. The van der Waals surface area contributed by atoms with Gasteiger partial charge in [-0.05, 0) is 75.1 Å². The van der Waals surface area contributed by atoms with E-state index in [0.717, 1.165) is 28.2 Å². The van der Waals surface area contributed by atoms with E-state index in [1.165, 1.54) is 16.7 Å². The average molecular weight is 294 g/mol. The minimum absolute atomic E-state index is 0.117. The Kier molecular flexibility index (Phi) is 3.65. The highest BCUT2D eigenvalue weighted by Crippen LogP contribution is 2.26. The first-order valence-corrected chi connectivity index (χ1v) is 7.65. The van der Waals surface area contributed by atoms with E-state index >= 15 is 0 Å². The number of imidazole rings is 1. The summed E-state index contributed by atoms with van der Waals surface area (Å²) in [5.74, 6) is 1.78. The Morgan fingerprint density at radius 2 is 1.68 bits per heavy atom. The molecule has 0 saturated carbocycles. The van der Waals surface area contributed by atoms with Crippen molar-refractivity contribution in [1.82, 2.24) is 9.97 Å². The predicted octanol–water partition coefficient (Wildman–Crippen LogP) is 4.94. The molecule has 1 heterocycles. The van der Waals surface area contributed by atoms with Crippen molar-refractivity contribution in [2.45, 2.75) is 40.7 Å². The van der Waals surface area contributed by atoms with Crippen LogP contribution in [0.3, 0.4) is 0 Å². The maximum absolute atomic E-state index is 6.11. The van der Waals surface area contributed by atoms with E-state index in [4.69, 9.17) is 4.74 Å². The number of aromatic nitrogens is 2. The first-order chi connectivity index (χ1) is 10.4. The molecule has 0 spiro atoms. The lowest BCUT2D eigenvalue weighted by Crippen LogP contribution is -2.06. The fourth-order valence-electron chi connectivity index (χ4n) is 2.56. The van der Waals surface area contributed by atoms with Gasteiger partial charge in [-0.3, -0.25) is 0 Å². The molecule has 3 aromatic rings. The lowest BCUT2D eigenvalue weighted by Gasteiger charge is -2.15. The van der Waals surface area contributed by atoms with Gasteiger partial charge in [0.1, 0.15) is 11.6 Å². The van der Waals surface area contributed by atoms with E-state index in [9.17, 15) is 0 Å². The first-order valence-electron chi connectivity index (χ1n) is 7.65. The zero-order valence-electron chi connectivity index (χ0n) is 13.8. The fourth-order valence-corrected chi connectivity index (χ4v) is 2.56. The Morgan fingerprint density at radius 3 is 2.45 bits per heavy atom. The van der Waals surface area contributed by atoms with Crippen molar-refractivity contribution in [2.75, 3.05) is 0 Å². The summed E-state index contributed by atoms with van der Waals surface area (Å²) >= 11 is 0. The van der Waals surface area contributed by atoms with Crippen LogP contribution < -0.4 is 4.74 Å². The summed E-state index contributed by atoms with van der Waals surface area (Å²) in [6, 6.07) is 10.5. The molecule has 0 amide bonds.